The summed E-state index contributed by atoms with van der Waals surface area (Å²) >= 11 is 0. The second-order valence-corrected chi connectivity index (χ2v) is 4.19. The highest BCUT2D eigenvalue weighted by molar-refractivity contribution is 6.02. The molecule has 0 saturated heterocycles. The SMILES string of the molecule is CC1CC2=C(C=C1OC#N)C(=N)CCC2. The summed E-state index contributed by atoms with van der Waals surface area (Å²) in [6.45, 7) is 2.06. The number of ether oxygens (including phenoxy) is 1. The van der Waals surface area contributed by atoms with Crippen LogP contribution in [0.2, 0.25) is 0 Å². The third-order valence-corrected chi connectivity index (χ3v) is 3.10. The van der Waals surface area contributed by atoms with Crippen LogP contribution >= 0.6 is 0 Å². The maximum absolute atomic E-state index is 8.52. The maximum atomic E-state index is 8.52. The molecule has 1 atom stereocenters. The largest absolute Gasteiger partial charge is 0.392 e. The predicted octanol–water partition coefficient (Wildman–Crippen LogP) is 2.91. The van der Waals surface area contributed by atoms with Gasteiger partial charge in [0, 0.05) is 11.6 Å². The van der Waals surface area contributed by atoms with Gasteiger partial charge in [-0.2, -0.15) is 0 Å². The lowest BCUT2D eigenvalue weighted by Gasteiger charge is -2.27. The summed E-state index contributed by atoms with van der Waals surface area (Å²) in [7, 11) is 0. The zero-order valence-corrected chi connectivity index (χ0v) is 8.84. The van der Waals surface area contributed by atoms with Gasteiger partial charge in [-0.05, 0) is 37.3 Å². The molecule has 0 heterocycles. The van der Waals surface area contributed by atoms with Crippen molar-refractivity contribution in [2.45, 2.75) is 32.6 Å². The van der Waals surface area contributed by atoms with Crippen LogP contribution in [0.5, 0.6) is 0 Å². The molecule has 0 aromatic heterocycles. The Morgan fingerprint density at radius 1 is 1.53 bits per heavy atom. The summed E-state index contributed by atoms with van der Waals surface area (Å²) in [4.78, 5) is 0. The minimum atomic E-state index is 0.272. The van der Waals surface area contributed by atoms with Gasteiger partial charge in [-0.15, -0.1) is 5.26 Å². The first-order valence-electron chi connectivity index (χ1n) is 5.29. The van der Waals surface area contributed by atoms with Gasteiger partial charge in [0.15, 0.2) is 0 Å². The fourth-order valence-electron chi connectivity index (χ4n) is 2.30. The van der Waals surface area contributed by atoms with Crippen molar-refractivity contribution in [1.29, 1.82) is 10.7 Å². The van der Waals surface area contributed by atoms with Crippen LogP contribution in [0.15, 0.2) is 23.0 Å². The van der Waals surface area contributed by atoms with E-state index in [1.165, 1.54) is 5.57 Å². The maximum Gasteiger partial charge on any atom is 0.291 e. The zero-order chi connectivity index (χ0) is 10.8. The molecule has 0 aromatic rings. The molecule has 2 aliphatic rings. The highest BCUT2D eigenvalue weighted by Crippen LogP contribution is 2.35. The van der Waals surface area contributed by atoms with Crippen molar-refractivity contribution in [2.24, 2.45) is 5.92 Å². The van der Waals surface area contributed by atoms with Crippen molar-refractivity contribution in [1.82, 2.24) is 0 Å². The quantitative estimate of drug-likeness (QED) is 0.664. The summed E-state index contributed by atoms with van der Waals surface area (Å²) in [6, 6.07) is 0. The number of rotatable bonds is 1. The lowest BCUT2D eigenvalue weighted by molar-refractivity contribution is 0.309. The summed E-state index contributed by atoms with van der Waals surface area (Å²) < 4.78 is 4.93. The van der Waals surface area contributed by atoms with E-state index in [0.29, 0.717) is 11.5 Å². The van der Waals surface area contributed by atoms with Crippen LogP contribution in [-0.2, 0) is 4.74 Å². The predicted molar refractivity (Wildman–Crippen MR) is 57.2 cm³/mol. The fourth-order valence-corrected chi connectivity index (χ4v) is 2.30. The number of allylic oxidation sites excluding steroid dienone is 4. The van der Waals surface area contributed by atoms with E-state index < -0.39 is 0 Å². The van der Waals surface area contributed by atoms with Gasteiger partial charge in [-0.1, -0.05) is 12.5 Å². The van der Waals surface area contributed by atoms with Gasteiger partial charge in [0.05, 0.1) is 0 Å². The number of nitriles is 1. The standard InChI is InChI=1S/C12H14N2O/c1-8-5-9-3-2-4-11(14)10(9)6-12(8)15-7-13/h6,8,14H,2-5H2,1H3. The Kier molecular flexibility index (Phi) is 2.59. The molecule has 2 aliphatic carbocycles. The van der Waals surface area contributed by atoms with Crippen LogP contribution in [0.3, 0.4) is 0 Å². The lowest BCUT2D eigenvalue weighted by Crippen LogP contribution is -2.17. The van der Waals surface area contributed by atoms with E-state index in [4.69, 9.17) is 15.4 Å². The van der Waals surface area contributed by atoms with Gasteiger partial charge in [0.25, 0.3) is 6.26 Å². The Labute approximate surface area is 89.6 Å². The normalized spacial score (nSPS) is 25.5. The van der Waals surface area contributed by atoms with Crippen LogP contribution in [0.25, 0.3) is 0 Å². The van der Waals surface area contributed by atoms with Crippen LogP contribution in [0.1, 0.15) is 32.6 Å². The number of nitrogens with zero attached hydrogens (tertiary/aromatic N) is 1. The summed E-state index contributed by atoms with van der Waals surface area (Å²) in [5.74, 6) is 0.984. The van der Waals surface area contributed by atoms with Gasteiger partial charge in [0.1, 0.15) is 5.76 Å². The molecule has 0 aromatic carbocycles. The molecular weight excluding hydrogens is 188 g/mol. The van der Waals surface area contributed by atoms with Crippen LogP contribution < -0.4 is 0 Å². The van der Waals surface area contributed by atoms with Gasteiger partial charge >= 0.3 is 0 Å². The Bertz CT molecular complexity index is 398. The first kappa shape index (κ1) is 9.97. The Balaban J connectivity index is 2.33. The molecule has 0 spiro atoms. The molecule has 0 saturated carbocycles. The minimum absolute atomic E-state index is 0.272. The molecule has 78 valence electrons. The van der Waals surface area contributed by atoms with Crippen LogP contribution in [-0.4, -0.2) is 5.71 Å². The second-order valence-electron chi connectivity index (χ2n) is 4.19. The third kappa shape index (κ3) is 1.80. The molecule has 0 fully saturated rings. The van der Waals surface area contributed by atoms with E-state index in [0.717, 1.165) is 31.3 Å². The second kappa shape index (κ2) is 3.90. The first-order chi connectivity index (χ1) is 7.22. The van der Waals surface area contributed by atoms with Gasteiger partial charge in [-0.25, -0.2) is 0 Å². The third-order valence-electron chi connectivity index (χ3n) is 3.10. The Morgan fingerprint density at radius 2 is 2.33 bits per heavy atom. The van der Waals surface area contributed by atoms with Crippen molar-refractivity contribution in [3.05, 3.63) is 23.0 Å². The summed E-state index contributed by atoms with van der Waals surface area (Å²) in [5.41, 5.74) is 3.08. The molecule has 1 unspecified atom stereocenters. The molecule has 0 radical (unpaired) electrons. The highest BCUT2D eigenvalue weighted by Gasteiger charge is 2.25. The molecular formula is C12H14N2O. The number of hydrogen-bond acceptors (Lipinski definition) is 3. The van der Waals surface area contributed by atoms with E-state index >= 15 is 0 Å². The van der Waals surface area contributed by atoms with Gasteiger partial charge < -0.3 is 10.1 Å². The number of hydrogen-bond donors (Lipinski definition) is 1. The van der Waals surface area contributed by atoms with Crippen molar-refractivity contribution in [2.75, 3.05) is 0 Å². The topological polar surface area (TPSA) is 56.9 Å². The number of nitrogens with one attached hydrogen (secondary N) is 1. The lowest BCUT2D eigenvalue weighted by atomic mass is 9.80. The monoisotopic (exact) mass is 202 g/mol. The molecule has 2 rings (SSSR count). The smallest absolute Gasteiger partial charge is 0.291 e. The van der Waals surface area contributed by atoms with Crippen molar-refractivity contribution in [3.63, 3.8) is 0 Å². The van der Waals surface area contributed by atoms with E-state index in [1.54, 1.807) is 6.26 Å². The molecule has 3 heteroatoms. The summed E-state index contributed by atoms with van der Waals surface area (Å²) in [5, 5.41) is 16.4. The fraction of sp³-hybridized carbons (Fsp3) is 0.500. The highest BCUT2D eigenvalue weighted by atomic mass is 16.5. The Hall–Kier alpha value is -1.56. The van der Waals surface area contributed by atoms with E-state index in [1.807, 2.05) is 6.08 Å². The van der Waals surface area contributed by atoms with Crippen LogP contribution in [0.4, 0.5) is 0 Å². The van der Waals surface area contributed by atoms with E-state index in [9.17, 15) is 0 Å². The van der Waals surface area contributed by atoms with Crippen molar-refractivity contribution < 1.29 is 4.74 Å². The Morgan fingerprint density at radius 3 is 3.07 bits per heavy atom. The molecule has 1 N–H and O–H groups in total. The first-order valence-corrected chi connectivity index (χ1v) is 5.29. The van der Waals surface area contributed by atoms with E-state index in [2.05, 4.69) is 6.92 Å². The minimum Gasteiger partial charge on any atom is -0.392 e. The van der Waals surface area contributed by atoms with Gasteiger partial charge in [0.2, 0.25) is 0 Å². The molecule has 0 bridgehead atoms. The molecule has 3 nitrogen and oxygen atoms in total. The van der Waals surface area contributed by atoms with Crippen molar-refractivity contribution >= 4 is 5.71 Å². The summed E-state index contributed by atoms with van der Waals surface area (Å²) in [6.07, 6.45) is 7.57. The van der Waals surface area contributed by atoms with Crippen molar-refractivity contribution in [3.8, 4) is 6.26 Å². The molecule has 15 heavy (non-hydrogen) atoms. The van der Waals surface area contributed by atoms with Gasteiger partial charge in [-0.3, -0.25) is 0 Å². The average Bonchev–Trinajstić information content (AvgIpc) is 2.21. The molecule has 0 aliphatic heterocycles. The van der Waals surface area contributed by atoms with E-state index in [-0.39, 0.29) is 5.92 Å². The zero-order valence-electron chi connectivity index (χ0n) is 8.84. The van der Waals surface area contributed by atoms with Crippen LogP contribution in [0, 0.1) is 22.8 Å². The average molecular weight is 202 g/mol. The molecule has 0 amide bonds.